The molecule has 0 aromatic heterocycles. The first kappa shape index (κ1) is 17.0. The zero-order chi connectivity index (χ0) is 18.0. The number of anilines is 1. The van der Waals surface area contributed by atoms with Crippen molar-refractivity contribution in [1.82, 2.24) is 4.90 Å². The van der Waals surface area contributed by atoms with E-state index < -0.39 is 41.0 Å². The average Bonchev–Trinajstić information content (AvgIpc) is 3.07. The summed E-state index contributed by atoms with van der Waals surface area (Å²) in [6, 6.07) is 7.55. The van der Waals surface area contributed by atoms with Crippen LogP contribution in [0.15, 0.2) is 42.5 Å². The van der Waals surface area contributed by atoms with Crippen LogP contribution in [0.4, 0.5) is 18.9 Å². The molecule has 130 valence electrons. The van der Waals surface area contributed by atoms with E-state index in [1.807, 2.05) is 0 Å². The van der Waals surface area contributed by atoms with Crippen molar-refractivity contribution in [2.75, 3.05) is 11.9 Å². The number of para-hydroxylation sites is 1. The molecular weight excluding hydrogens is 333 g/mol. The Balaban J connectivity index is 1.79. The largest absolute Gasteiger partial charge is 0.327 e. The fourth-order valence-corrected chi connectivity index (χ4v) is 2.89. The Morgan fingerprint density at radius 1 is 1.04 bits per heavy atom. The van der Waals surface area contributed by atoms with Crippen LogP contribution in [-0.4, -0.2) is 29.3 Å². The zero-order valence-electron chi connectivity index (χ0n) is 13.1. The van der Waals surface area contributed by atoms with E-state index in [0.717, 1.165) is 18.2 Å². The third-order valence-electron chi connectivity index (χ3n) is 4.10. The maximum Gasteiger partial charge on any atom is 0.254 e. The van der Waals surface area contributed by atoms with Gasteiger partial charge in [-0.1, -0.05) is 12.1 Å². The Morgan fingerprint density at radius 2 is 1.72 bits per heavy atom. The van der Waals surface area contributed by atoms with Gasteiger partial charge in [-0.2, -0.15) is 0 Å². The Kier molecular flexibility index (Phi) is 4.74. The summed E-state index contributed by atoms with van der Waals surface area (Å²) in [5, 5.41) is 2.21. The number of rotatable bonds is 3. The lowest BCUT2D eigenvalue weighted by atomic mass is 10.1. The number of hydrogen-bond acceptors (Lipinski definition) is 2. The molecule has 4 nitrogen and oxygen atoms in total. The van der Waals surface area contributed by atoms with Crippen LogP contribution < -0.4 is 5.32 Å². The molecule has 2 amide bonds. The van der Waals surface area contributed by atoms with Gasteiger partial charge in [0.05, 0.1) is 0 Å². The van der Waals surface area contributed by atoms with E-state index in [9.17, 15) is 22.8 Å². The van der Waals surface area contributed by atoms with Gasteiger partial charge in [0.1, 0.15) is 29.2 Å². The predicted octanol–water partition coefficient (Wildman–Crippen LogP) is 3.35. The molecule has 1 N–H and O–H groups in total. The molecule has 2 aromatic rings. The highest BCUT2D eigenvalue weighted by atomic mass is 19.1. The highest BCUT2D eigenvalue weighted by Crippen LogP contribution is 2.24. The third kappa shape index (κ3) is 3.50. The van der Waals surface area contributed by atoms with Crippen molar-refractivity contribution >= 4 is 17.5 Å². The van der Waals surface area contributed by atoms with Gasteiger partial charge in [-0.15, -0.1) is 0 Å². The van der Waals surface area contributed by atoms with Gasteiger partial charge in [-0.25, -0.2) is 13.2 Å². The van der Waals surface area contributed by atoms with Crippen LogP contribution in [0.1, 0.15) is 23.2 Å². The predicted molar refractivity (Wildman–Crippen MR) is 85.4 cm³/mol. The summed E-state index contributed by atoms with van der Waals surface area (Å²) in [6.07, 6.45) is 0.932. The van der Waals surface area contributed by atoms with Gasteiger partial charge in [-0.3, -0.25) is 9.59 Å². The molecule has 25 heavy (non-hydrogen) atoms. The number of benzene rings is 2. The molecule has 7 heteroatoms. The van der Waals surface area contributed by atoms with Crippen molar-refractivity contribution in [1.29, 1.82) is 0 Å². The van der Waals surface area contributed by atoms with Gasteiger partial charge in [0.25, 0.3) is 5.91 Å². The van der Waals surface area contributed by atoms with E-state index in [-0.39, 0.29) is 5.56 Å². The second-order valence-electron chi connectivity index (χ2n) is 5.75. The van der Waals surface area contributed by atoms with Crippen LogP contribution in [-0.2, 0) is 4.79 Å². The van der Waals surface area contributed by atoms with Crippen LogP contribution in [0, 0.1) is 17.5 Å². The summed E-state index contributed by atoms with van der Waals surface area (Å²) in [6.45, 7) is 0.313. The summed E-state index contributed by atoms with van der Waals surface area (Å²) in [5.41, 5.74) is -0.422. The van der Waals surface area contributed by atoms with Gasteiger partial charge in [0.2, 0.25) is 5.91 Å². The average molecular weight is 348 g/mol. The molecule has 1 heterocycles. The van der Waals surface area contributed by atoms with Crippen LogP contribution in [0.5, 0.6) is 0 Å². The summed E-state index contributed by atoms with van der Waals surface area (Å²) in [7, 11) is 0. The third-order valence-corrected chi connectivity index (χ3v) is 4.10. The minimum absolute atomic E-state index is 0.122. The van der Waals surface area contributed by atoms with Crippen molar-refractivity contribution in [2.45, 2.75) is 18.9 Å². The van der Waals surface area contributed by atoms with Crippen molar-refractivity contribution in [3.8, 4) is 0 Å². The fraction of sp³-hybridized carbons (Fsp3) is 0.222. The highest BCUT2D eigenvalue weighted by Gasteiger charge is 2.35. The number of carbonyl (C=O) groups is 2. The number of amides is 2. The maximum atomic E-state index is 13.7. The number of carbonyl (C=O) groups excluding carboxylic acids is 2. The molecule has 1 unspecified atom stereocenters. The molecule has 0 spiro atoms. The normalized spacial score (nSPS) is 16.8. The first-order valence-corrected chi connectivity index (χ1v) is 7.79. The van der Waals surface area contributed by atoms with Crippen molar-refractivity contribution in [3.63, 3.8) is 0 Å². The molecule has 0 radical (unpaired) electrons. The molecular formula is C18H15F3N2O2. The molecule has 3 rings (SSSR count). The maximum absolute atomic E-state index is 13.7. The molecule has 0 aliphatic carbocycles. The Labute approximate surface area is 142 Å². The van der Waals surface area contributed by atoms with E-state index in [0.29, 0.717) is 19.4 Å². The monoisotopic (exact) mass is 348 g/mol. The molecule has 1 fully saturated rings. The molecule has 0 saturated carbocycles. The molecule has 1 aliphatic rings. The minimum atomic E-state index is -0.894. The lowest BCUT2D eigenvalue weighted by Gasteiger charge is -2.24. The molecule has 0 bridgehead atoms. The second-order valence-corrected chi connectivity index (χ2v) is 5.75. The van der Waals surface area contributed by atoms with Crippen LogP contribution in [0.2, 0.25) is 0 Å². The van der Waals surface area contributed by atoms with Gasteiger partial charge in [0.15, 0.2) is 0 Å². The van der Waals surface area contributed by atoms with E-state index in [1.165, 1.54) is 29.2 Å². The number of hydrogen-bond donors (Lipinski definition) is 1. The van der Waals surface area contributed by atoms with Crippen molar-refractivity contribution < 1.29 is 22.8 Å². The lowest BCUT2D eigenvalue weighted by molar-refractivity contribution is -0.119. The highest BCUT2D eigenvalue weighted by molar-refractivity contribution is 6.01. The van der Waals surface area contributed by atoms with Gasteiger partial charge in [-0.05, 0) is 43.2 Å². The summed E-state index contributed by atoms with van der Waals surface area (Å²) in [5.74, 6) is -3.51. The van der Waals surface area contributed by atoms with Gasteiger partial charge in [0, 0.05) is 12.1 Å². The Hall–Kier alpha value is -2.83. The van der Waals surface area contributed by atoms with E-state index in [2.05, 4.69) is 5.32 Å². The number of nitrogens with one attached hydrogen (secondary N) is 1. The van der Waals surface area contributed by atoms with Gasteiger partial charge >= 0.3 is 0 Å². The van der Waals surface area contributed by atoms with E-state index in [4.69, 9.17) is 0 Å². The second kappa shape index (κ2) is 6.96. The van der Waals surface area contributed by atoms with Crippen LogP contribution in [0.3, 0.4) is 0 Å². The fourth-order valence-electron chi connectivity index (χ4n) is 2.89. The summed E-state index contributed by atoms with van der Waals surface area (Å²) >= 11 is 0. The van der Waals surface area contributed by atoms with Crippen LogP contribution in [0.25, 0.3) is 0 Å². The number of nitrogens with zero attached hydrogens (tertiary/aromatic N) is 1. The number of likely N-dealkylation sites (tertiary alicyclic amines) is 1. The Morgan fingerprint density at radius 3 is 2.40 bits per heavy atom. The smallest absolute Gasteiger partial charge is 0.254 e. The summed E-state index contributed by atoms with van der Waals surface area (Å²) < 4.78 is 40.7. The van der Waals surface area contributed by atoms with Crippen molar-refractivity contribution in [2.24, 2.45) is 0 Å². The SMILES string of the molecule is O=C(Nc1c(F)cccc1F)C1CCCN1C(=O)c1cccc(F)c1. The Bertz CT molecular complexity index is 805. The van der Waals surface area contributed by atoms with E-state index >= 15 is 0 Å². The van der Waals surface area contributed by atoms with E-state index in [1.54, 1.807) is 0 Å². The van der Waals surface area contributed by atoms with Gasteiger partial charge < -0.3 is 10.2 Å². The molecule has 1 aliphatic heterocycles. The minimum Gasteiger partial charge on any atom is -0.327 e. The standard InChI is InChI=1S/C18H15F3N2O2/c19-12-5-1-4-11(10-12)18(25)23-9-3-8-15(23)17(24)22-16-13(20)6-2-7-14(16)21/h1-2,4-7,10,15H,3,8-9H2,(H,22,24). The quantitative estimate of drug-likeness (QED) is 0.925. The first-order valence-electron chi connectivity index (χ1n) is 7.79. The number of halogens is 3. The van der Waals surface area contributed by atoms with Crippen LogP contribution >= 0.6 is 0 Å². The summed E-state index contributed by atoms with van der Waals surface area (Å²) in [4.78, 5) is 26.2. The molecule has 2 aromatic carbocycles. The topological polar surface area (TPSA) is 49.4 Å². The zero-order valence-corrected chi connectivity index (χ0v) is 13.1. The lowest BCUT2D eigenvalue weighted by Crippen LogP contribution is -2.43. The first-order chi connectivity index (χ1) is 12.0. The molecule has 1 saturated heterocycles. The van der Waals surface area contributed by atoms with Crippen molar-refractivity contribution in [3.05, 3.63) is 65.5 Å². The molecule has 1 atom stereocenters.